The highest BCUT2D eigenvalue weighted by molar-refractivity contribution is 5.95. The van der Waals surface area contributed by atoms with Gasteiger partial charge in [0.25, 0.3) is 5.91 Å². The number of benzene rings is 2. The molecule has 0 bridgehead atoms. The highest BCUT2D eigenvalue weighted by atomic mass is 19.1. The maximum atomic E-state index is 14.0. The first-order valence-electron chi connectivity index (χ1n) is 14.7. The Morgan fingerprint density at radius 3 is 2.22 bits per heavy atom. The lowest BCUT2D eigenvalue weighted by molar-refractivity contribution is 0.0829. The second kappa shape index (κ2) is 16.2. The third kappa shape index (κ3) is 9.90. The summed E-state index contributed by atoms with van der Waals surface area (Å²) in [7, 11) is 0. The molecule has 3 N–H and O–H groups in total. The molecule has 6 nitrogen and oxygen atoms in total. The number of hydrogen-bond acceptors (Lipinski definition) is 5. The molecule has 3 rings (SSSR count). The molecule has 1 heterocycles. The van der Waals surface area contributed by atoms with Crippen LogP contribution in [-0.4, -0.2) is 47.8 Å². The van der Waals surface area contributed by atoms with Gasteiger partial charge in [-0.05, 0) is 73.1 Å². The molecule has 0 aliphatic heterocycles. The second-order valence-electron chi connectivity index (χ2n) is 10.5. The number of carbonyl (C=O) groups excluding carboxylic acids is 1. The Morgan fingerprint density at radius 1 is 0.902 bits per heavy atom. The Kier molecular flexibility index (Phi) is 12.7. The van der Waals surface area contributed by atoms with E-state index < -0.39 is 23.8 Å². The number of anilines is 1. The highest BCUT2D eigenvalue weighted by Crippen LogP contribution is 2.18. The molecule has 41 heavy (non-hydrogen) atoms. The third-order valence-electron chi connectivity index (χ3n) is 7.04. The van der Waals surface area contributed by atoms with Gasteiger partial charge in [-0.25, -0.2) is 13.8 Å². The fourth-order valence-corrected chi connectivity index (χ4v) is 4.91. The number of aromatic nitrogens is 1. The van der Waals surface area contributed by atoms with Crippen molar-refractivity contribution < 1.29 is 18.7 Å². The molecule has 1 aromatic heterocycles. The molecular formula is C33H44F2N4O2. The Hall–Kier alpha value is -3.36. The molecule has 0 saturated carbocycles. The van der Waals surface area contributed by atoms with Gasteiger partial charge >= 0.3 is 0 Å². The number of nitrogens with zero attached hydrogens (tertiary/aromatic N) is 2. The van der Waals surface area contributed by atoms with Gasteiger partial charge in [0.2, 0.25) is 0 Å². The maximum absolute atomic E-state index is 14.0. The summed E-state index contributed by atoms with van der Waals surface area (Å²) in [4.78, 5) is 20.5. The van der Waals surface area contributed by atoms with Crippen molar-refractivity contribution in [3.05, 3.63) is 94.2 Å². The first kappa shape index (κ1) is 32.2. The Morgan fingerprint density at radius 2 is 1.59 bits per heavy atom. The number of rotatable bonds is 16. The second-order valence-corrected chi connectivity index (χ2v) is 10.5. The molecule has 0 aliphatic rings. The molecule has 222 valence electrons. The number of hydrogen-bond donors (Lipinski definition) is 3. The van der Waals surface area contributed by atoms with Gasteiger partial charge in [-0.15, -0.1) is 0 Å². The van der Waals surface area contributed by atoms with Crippen LogP contribution in [0.15, 0.2) is 54.6 Å². The van der Waals surface area contributed by atoms with Gasteiger partial charge in [0.15, 0.2) is 0 Å². The minimum absolute atomic E-state index is 0.0605. The number of amides is 1. The van der Waals surface area contributed by atoms with E-state index in [0.29, 0.717) is 24.1 Å². The van der Waals surface area contributed by atoms with E-state index in [4.69, 9.17) is 4.98 Å². The molecule has 2 atom stereocenters. The zero-order valence-electron chi connectivity index (χ0n) is 24.7. The molecule has 3 aromatic rings. The summed E-state index contributed by atoms with van der Waals surface area (Å²) in [5.74, 6) is -1.02. The van der Waals surface area contributed by atoms with Gasteiger partial charge < -0.3 is 20.6 Å². The van der Waals surface area contributed by atoms with Crippen LogP contribution in [0.1, 0.15) is 73.3 Å². The van der Waals surface area contributed by atoms with Crippen LogP contribution >= 0.6 is 0 Å². The predicted molar refractivity (Wildman–Crippen MR) is 161 cm³/mol. The van der Waals surface area contributed by atoms with E-state index in [1.165, 1.54) is 17.7 Å². The molecule has 0 spiro atoms. The van der Waals surface area contributed by atoms with E-state index in [1.807, 2.05) is 19.1 Å². The van der Waals surface area contributed by atoms with Crippen molar-refractivity contribution in [2.24, 2.45) is 0 Å². The SMILES string of the molecule is CCCN(CCC)c1cc(C(=O)N[C@@H](Cc2cc(F)cc(F)c2)[C@H](O)CNCc2cccc(CC)c2)cc(CC)n1. The third-order valence-corrected chi connectivity index (χ3v) is 7.04. The summed E-state index contributed by atoms with van der Waals surface area (Å²) in [5.41, 5.74) is 3.90. The molecule has 2 aromatic carbocycles. The van der Waals surface area contributed by atoms with E-state index >= 15 is 0 Å². The van der Waals surface area contributed by atoms with Crippen LogP contribution in [0.3, 0.4) is 0 Å². The highest BCUT2D eigenvalue weighted by Gasteiger charge is 2.24. The Labute approximate surface area is 243 Å². The number of aliphatic hydroxyl groups is 1. The number of pyridine rings is 1. The summed E-state index contributed by atoms with van der Waals surface area (Å²) in [5, 5.41) is 17.4. The van der Waals surface area contributed by atoms with Crippen molar-refractivity contribution in [2.45, 2.75) is 78.5 Å². The average Bonchev–Trinajstić information content (AvgIpc) is 2.96. The van der Waals surface area contributed by atoms with Gasteiger partial charge in [-0.3, -0.25) is 4.79 Å². The molecule has 0 radical (unpaired) electrons. The van der Waals surface area contributed by atoms with Crippen LogP contribution in [0, 0.1) is 11.6 Å². The van der Waals surface area contributed by atoms with Crippen LogP contribution in [-0.2, 0) is 25.8 Å². The lowest BCUT2D eigenvalue weighted by atomic mass is 10.00. The van der Waals surface area contributed by atoms with Crippen molar-refractivity contribution in [2.75, 3.05) is 24.5 Å². The number of carbonyl (C=O) groups is 1. The number of aliphatic hydroxyl groups excluding tert-OH is 1. The summed E-state index contributed by atoms with van der Waals surface area (Å²) in [6, 6.07) is 14.2. The topological polar surface area (TPSA) is 77.5 Å². The maximum Gasteiger partial charge on any atom is 0.251 e. The van der Waals surface area contributed by atoms with E-state index in [0.717, 1.165) is 55.5 Å². The van der Waals surface area contributed by atoms with Crippen LogP contribution in [0.25, 0.3) is 0 Å². The smallest absolute Gasteiger partial charge is 0.251 e. The van der Waals surface area contributed by atoms with E-state index in [9.17, 15) is 18.7 Å². The molecule has 0 unspecified atom stereocenters. The van der Waals surface area contributed by atoms with Crippen molar-refractivity contribution in [3.63, 3.8) is 0 Å². The molecule has 0 aliphatic carbocycles. The molecular weight excluding hydrogens is 522 g/mol. The molecule has 0 fully saturated rings. The normalized spacial score (nSPS) is 12.7. The fraction of sp³-hybridized carbons (Fsp3) is 0.455. The van der Waals surface area contributed by atoms with Gasteiger partial charge in [0, 0.05) is 43.5 Å². The summed E-state index contributed by atoms with van der Waals surface area (Å²) < 4.78 is 27.9. The number of aryl methyl sites for hydroxylation is 2. The zero-order chi connectivity index (χ0) is 29.8. The lowest BCUT2D eigenvalue weighted by Gasteiger charge is -2.26. The van der Waals surface area contributed by atoms with Crippen molar-refractivity contribution in [1.29, 1.82) is 0 Å². The zero-order valence-corrected chi connectivity index (χ0v) is 24.7. The Balaban J connectivity index is 1.82. The lowest BCUT2D eigenvalue weighted by Crippen LogP contribution is -2.48. The molecule has 0 saturated heterocycles. The first-order valence-corrected chi connectivity index (χ1v) is 14.7. The summed E-state index contributed by atoms with van der Waals surface area (Å²) in [6.45, 7) is 10.7. The quantitative estimate of drug-likeness (QED) is 0.210. The fourth-order valence-electron chi connectivity index (χ4n) is 4.91. The molecule has 1 amide bonds. The minimum atomic E-state index is -1.01. The van der Waals surface area contributed by atoms with Crippen molar-refractivity contribution in [1.82, 2.24) is 15.6 Å². The summed E-state index contributed by atoms with van der Waals surface area (Å²) >= 11 is 0. The number of nitrogens with one attached hydrogen (secondary N) is 2. The Bertz CT molecular complexity index is 1240. The first-order chi connectivity index (χ1) is 19.8. The predicted octanol–water partition coefficient (Wildman–Crippen LogP) is 5.60. The monoisotopic (exact) mass is 566 g/mol. The van der Waals surface area contributed by atoms with E-state index in [1.54, 1.807) is 12.1 Å². The largest absolute Gasteiger partial charge is 0.390 e. The van der Waals surface area contributed by atoms with Gasteiger partial charge in [-0.1, -0.05) is 52.0 Å². The van der Waals surface area contributed by atoms with Crippen LogP contribution < -0.4 is 15.5 Å². The van der Waals surface area contributed by atoms with Crippen LogP contribution in [0.4, 0.5) is 14.6 Å². The standard InChI is InChI=1S/C33H44F2N4O2/c1-5-12-39(13-6-2)32-19-26(18-29(8-4)37-32)33(41)38-30(17-25-15-27(34)20-28(35)16-25)31(40)22-36-21-24-11-9-10-23(7-3)14-24/h9-11,14-16,18-20,30-31,36,40H,5-8,12-13,17,21-22H2,1-4H3,(H,38,41)/t30-,31+/m0/s1. The van der Waals surface area contributed by atoms with Crippen LogP contribution in [0.2, 0.25) is 0 Å². The summed E-state index contributed by atoms with van der Waals surface area (Å²) in [6.07, 6.45) is 2.55. The van der Waals surface area contributed by atoms with Gasteiger partial charge in [0.1, 0.15) is 17.5 Å². The van der Waals surface area contributed by atoms with Gasteiger partial charge in [-0.2, -0.15) is 0 Å². The van der Waals surface area contributed by atoms with Gasteiger partial charge in [0.05, 0.1) is 12.1 Å². The van der Waals surface area contributed by atoms with E-state index in [-0.39, 0.29) is 18.9 Å². The average molecular weight is 567 g/mol. The molecule has 8 heteroatoms. The van der Waals surface area contributed by atoms with Crippen molar-refractivity contribution >= 4 is 11.7 Å². The number of halogens is 2. The van der Waals surface area contributed by atoms with E-state index in [2.05, 4.69) is 48.4 Å². The van der Waals surface area contributed by atoms with Crippen molar-refractivity contribution in [3.8, 4) is 0 Å². The van der Waals surface area contributed by atoms with Crippen LogP contribution in [0.5, 0.6) is 0 Å². The minimum Gasteiger partial charge on any atom is -0.390 e.